The van der Waals surface area contributed by atoms with E-state index in [0.29, 0.717) is 5.89 Å². The van der Waals surface area contributed by atoms with Crippen molar-refractivity contribution in [3.8, 4) is 11.5 Å². The van der Waals surface area contributed by atoms with Gasteiger partial charge in [0, 0.05) is 23.1 Å². The minimum Gasteiger partial charge on any atom is -0.440 e. The van der Waals surface area contributed by atoms with Gasteiger partial charge in [-0.15, -0.1) is 0 Å². The molecule has 0 amide bonds. The Hall–Kier alpha value is -2.62. The van der Waals surface area contributed by atoms with Crippen molar-refractivity contribution in [2.75, 3.05) is 0 Å². The highest BCUT2D eigenvalue weighted by Gasteiger charge is 2.25. The largest absolute Gasteiger partial charge is 0.440 e. The van der Waals surface area contributed by atoms with Crippen LogP contribution in [-0.2, 0) is 10.8 Å². The molecule has 0 aliphatic rings. The summed E-state index contributed by atoms with van der Waals surface area (Å²) in [5, 5.41) is 0. The zero-order chi connectivity index (χ0) is 20.1. The van der Waals surface area contributed by atoms with Crippen molar-refractivity contribution < 1.29 is 8.83 Å². The predicted octanol–water partition coefficient (Wildman–Crippen LogP) is 7.01. The Bertz CT molecular complexity index is 1080. The van der Waals surface area contributed by atoms with Gasteiger partial charge < -0.3 is 8.83 Å². The van der Waals surface area contributed by atoms with Crippen molar-refractivity contribution in [1.29, 1.82) is 0 Å². The average Bonchev–Trinajstić information content (AvgIpc) is 3.29. The first-order valence-corrected chi connectivity index (χ1v) is 10.1. The van der Waals surface area contributed by atoms with Crippen molar-refractivity contribution in [3.63, 3.8) is 0 Å². The smallest absolute Gasteiger partial charge is 0.227 e. The third-order valence-electron chi connectivity index (χ3n) is 6.16. The Morgan fingerprint density at radius 3 is 1.93 bits per heavy atom. The number of hydrogen-bond acceptors (Lipinski definition) is 4. The lowest BCUT2D eigenvalue weighted by molar-refractivity contribution is 0.374. The summed E-state index contributed by atoms with van der Waals surface area (Å²) < 4.78 is 12.1. The van der Waals surface area contributed by atoms with E-state index in [-0.39, 0.29) is 10.8 Å². The molecule has 0 saturated carbocycles. The standard InChI is InChI=1S/C24H28N2O2/c1-7-23(3,4)16-11-9-15(10-12-16)21-25-17-13-20-18(14-19(17)27-21)26-22(28-20)24(5,6)8-2/h9-14H,7-8H2,1-6H3. The molecule has 2 aromatic carbocycles. The van der Waals surface area contributed by atoms with Crippen LogP contribution in [0.2, 0.25) is 0 Å². The monoisotopic (exact) mass is 376 g/mol. The fraction of sp³-hybridized carbons (Fsp3) is 0.417. The zero-order valence-electron chi connectivity index (χ0n) is 17.6. The molecule has 4 heteroatoms. The second-order valence-electron chi connectivity index (χ2n) is 8.88. The molecule has 4 rings (SSSR count). The maximum atomic E-state index is 6.04. The van der Waals surface area contributed by atoms with Crippen LogP contribution in [-0.4, -0.2) is 9.97 Å². The number of hydrogen-bond donors (Lipinski definition) is 0. The Balaban J connectivity index is 1.72. The fourth-order valence-corrected chi connectivity index (χ4v) is 3.18. The summed E-state index contributed by atoms with van der Waals surface area (Å²) >= 11 is 0. The summed E-state index contributed by atoms with van der Waals surface area (Å²) in [6.45, 7) is 13.2. The van der Waals surface area contributed by atoms with E-state index in [9.17, 15) is 0 Å². The molecule has 0 aliphatic carbocycles. The van der Waals surface area contributed by atoms with Gasteiger partial charge in [0.2, 0.25) is 11.8 Å². The molecule has 0 saturated heterocycles. The van der Waals surface area contributed by atoms with Gasteiger partial charge in [0.25, 0.3) is 0 Å². The lowest BCUT2D eigenvalue weighted by atomic mass is 9.82. The van der Waals surface area contributed by atoms with E-state index < -0.39 is 0 Å². The maximum Gasteiger partial charge on any atom is 0.227 e. The molecule has 0 spiro atoms. The number of aromatic nitrogens is 2. The van der Waals surface area contributed by atoms with Crippen LogP contribution in [0.25, 0.3) is 33.7 Å². The molecule has 2 aromatic heterocycles. The Kier molecular flexibility index (Phi) is 4.33. The van der Waals surface area contributed by atoms with Gasteiger partial charge >= 0.3 is 0 Å². The van der Waals surface area contributed by atoms with E-state index >= 15 is 0 Å². The Morgan fingerprint density at radius 2 is 1.32 bits per heavy atom. The van der Waals surface area contributed by atoms with E-state index in [1.54, 1.807) is 0 Å². The van der Waals surface area contributed by atoms with Gasteiger partial charge in [-0.25, -0.2) is 9.97 Å². The highest BCUT2D eigenvalue weighted by Crippen LogP contribution is 2.33. The molecule has 146 valence electrons. The number of rotatable bonds is 5. The van der Waals surface area contributed by atoms with Gasteiger partial charge in [-0.05, 0) is 36.0 Å². The third kappa shape index (κ3) is 3.11. The highest BCUT2D eigenvalue weighted by molar-refractivity contribution is 5.90. The Labute approximate surface area is 166 Å². The average molecular weight is 377 g/mol. The minimum atomic E-state index is -0.0905. The topological polar surface area (TPSA) is 52.1 Å². The van der Waals surface area contributed by atoms with Crippen LogP contribution in [0.5, 0.6) is 0 Å². The maximum absolute atomic E-state index is 6.04. The third-order valence-corrected chi connectivity index (χ3v) is 6.16. The molecule has 0 bridgehead atoms. The molecular weight excluding hydrogens is 348 g/mol. The lowest BCUT2D eigenvalue weighted by Gasteiger charge is -2.23. The summed E-state index contributed by atoms with van der Waals surface area (Å²) in [4.78, 5) is 9.36. The van der Waals surface area contributed by atoms with Crippen molar-refractivity contribution in [3.05, 3.63) is 47.9 Å². The normalized spacial score (nSPS) is 12.9. The summed E-state index contributed by atoms with van der Waals surface area (Å²) in [7, 11) is 0. The summed E-state index contributed by atoms with van der Waals surface area (Å²) in [5.41, 5.74) is 5.46. The molecule has 2 heterocycles. The van der Waals surface area contributed by atoms with Crippen molar-refractivity contribution in [1.82, 2.24) is 9.97 Å². The van der Waals surface area contributed by atoms with E-state index in [4.69, 9.17) is 8.83 Å². The van der Waals surface area contributed by atoms with Gasteiger partial charge in [0.05, 0.1) is 0 Å². The quantitative estimate of drug-likeness (QED) is 0.376. The van der Waals surface area contributed by atoms with Gasteiger partial charge in [0.15, 0.2) is 11.2 Å². The zero-order valence-corrected chi connectivity index (χ0v) is 17.6. The number of nitrogens with zero attached hydrogens (tertiary/aromatic N) is 2. The SMILES string of the molecule is CCC(C)(C)c1ccc(-c2nc3cc4oc(C(C)(C)CC)nc4cc3o2)cc1. The van der Waals surface area contributed by atoms with E-state index in [2.05, 4.69) is 75.8 Å². The number of fused-ring (bicyclic) bond motifs is 2. The fourth-order valence-electron chi connectivity index (χ4n) is 3.18. The van der Waals surface area contributed by atoms with E-state index in [0.717, 1.165) is 46.5 Å². The summed E-state index contributed by atoms with van der Waals surface area (Å²) in [6.07, 6.45) is 2.06. The molecular formula is C24H28N2O2. The molecule has 0 radical (unpaired) electrons. The summed E-state index contributed by atoms with van der Waals surface area (Å²) in [5.74, 6) is 1.38. The van der Waals surface area contributed by atoms with Crippen LogP contribution in [0.4, 0.5) is 0 Å². The molecule has 0 atom stereocenters. The Morgan fingerprint density at radius 1 is 0.750 bits per heavy atom. The van der Waals surface area contributed by atoms with Crippen molar-refractivity contribution >= 4 is 22.2 Å². The van der Waals surface area contributed by atoms with Gasteiger partial charge in [0.1, 0.15) is 11.0 Å². The number of benzene rings is 2. The van der Waals surface area contributed by atoms with Crippen LogP contribution in [0, 0.1) is 0 Å². The molecule has 28 heavy (non-hydrogen) atoms. The molecule has 0 fully saturated rings. The first-order chi connectivity index (χ1) is 13.2. The van der Waals surface area contributed by atoms with Gasteiger partial charge in [-0.1, -0.05) is 53.7 Å². The minimum absolute atomic E-state index is 0.0905. The highest BCUT2D eigenvalue weighted by atomic mass is 16.4. The predicted molar refractivity (Wildman–Crippen MR) is 114 cm³/mol. The van der Waals surface area contributed by atoms with Crippen molar-refractivity contribution in [2.24, 2.45) is 0 Å². The molecule has 4 aromatic rings. The molecule has 4 nitrogen and oxygen atoms in total. The van der Waals surface area contributed by atoms with Gasteiger partial charge in [-0.2, -0.15) is 0 Å². The van der Waals surface area contributed by atoms with Gasteiger partial charge in [-0.3, -0.25) is 0 Å². The van der Waals surface area contributed by atoms with E-state index in [1.165, 1.54) is 5.56 Å². The lowest BCUT2D eigenvalue weighted by Crippen LogP contribution is -2.15. The van der Waals surface area contributed by atoms with Crippen LogP contribution < -0.4 is 0 Å². The van der Waals surface area contributed by atoms with E-state index in [1.807, 2.05) is 12.1 Å². The molecule has 0 N–H and O–H groups in total. The first kappa shape index (κ1) is 18.7. The van der Waals surface area contributed by atoms with Crippen LogP contribution >= 0.6 is 0 Å². The number of oxazole rings is 2. The summed E-state index contributed by atoms with van der Waals surface area (Å²) in [6, 6.07) is 12.4. The second kappa shape index (κ2) is 6.47. The van der Waals surface area contributed by atoms with Crippen LogP contribution in [0.3, 0.4) is 0 Å². The van der Waals surface area contributed by atoms with Crippen molar-refractivity contribution in [2.45, 2.75) is 65.2 Å². The second-order valence-corrected chi connectivity index (χ2v) is 8.88. The van der Waals surface area contributed by atoms with Crippen LogP contribution in [0.15, 0.2) is 45.2 Å². The first-order valence-electron chi connectivity index (χ1n) is 10.1. The van der Waals surface area contributed by atoms with Crippen LogP contribution in [0.1, 0.15) is 65.8 Å². The molecule has 0 aliphatic heterocycles. The molecule has 0 unspecified atom stereocenters.